The monoisotopic (exact) mass is 473 g/mol. The van der Waals surface area contributed by atoms with Crippen LogP contribution >= 0.6 is 15.8 Å². The molecule has 5 rings (SSSR count). The van der Waals surface area contributed by atoms with Crippen LogP contribution in [0.25, 0.3) is 0 Å². The van der Waals surface area contributed by atoms with Gasteiger partial charge in [0.1, 0.15) is 0 Å². The van der Waals surface area contributed by atoms with Gasteiger partial charge in [0.25, 0.3) is 0 Å². The molecular formula is C31H39P2. The summed E-state index contributed by atoms with van der Waals surface area (Å²) in [4.78, 5) is 0. The van der Waals surface area contributed by atoms with Crippen LogP contribution in [0.2, 0.25) is 0 Å². The van der Waals surface area contributed by atoms with E-state index in [-0.39, 0.29) is 7.92 Å². The molecule has 173 valence electrons. The van der Waals surface area contributed by atoms with E-state index in [1.165, 1.54) is 74.8 Å². The summed E-state index contributed by atoms with van der Waals surface area (Å²) in [5.41, 5.74) is 2.71. The zero-order valence-electron chi connectivity index (χ0n) is 20.2. The maximum atomic E-state index is 2.62. The highest BCUT2D eigenvalue weighted by Crippen LogP contribution is 2.64. The number of benzene rings is 2. The Kier molecular flexibility index (Phi) is 8.18. The van der Waals surface area contributed by atoms with Crippen LogP contribution in [0.1, 0.15) is 71.1 Å². The first-order valence-electron chi connectivity index (χ1n) is 13.3. The Morgan fingerprint density at radius 1 is 0.667 bits per heavy atom. The minimum Gasteiger partial charge on any atom is -0.0962 e. The Morgan fingerprint density at radius 2 is 1.15 bits per heavy atom. The van der Waals surface area contributed by atoms with Crippen molar-refractivity contribution in [1.82, 2.24) is 0 Å². The third-order valence-corrected chi connectivity index (χ3v) is 14.4. The molecule has 0 spiro atoms. The summed E-state index contributed by atoms with van der Waals surface area (Å²) < 4.78 is 0. The zero-order chi connectivity index (χ0) is 22.5. The van der Waals surface area contributed by atoms with Gasteiger partial charge in [-0.2, -0.15) is 0 Å². The second-order valence-electron chi connectivity index (χ2n) is 10.1. The Hall–Kier alpha value is -1.22. The van der Waals surface area contributed by atoms with Crippen molar-refractivity contribution < 1.29 is 0 Å². The van der Waals surface area contributed by atoms with Crippen LogP contribution in [0.5, 0.6) is 0 Å². The molecule has 33 heavy (non-hydrogen) atoms. The van der Waals surface area contributed by atoms with Crippen LogP contribution < -0.4 is 10.6 Å². The van der Waals surface area contributed by atoms with Crippen molar-refractivity contribution in [3.05, 3.63) is 90.1 Å². The van der Waals surface area contributed by atoms with E-state index in [0.717, 1.165) is 11.3 Å². The molecule has 0 aliphatic heterocycles. The van der Waals surface area contributed by atoms with Crippen LogP contribution in [0.15, 0.2) is 84.2 Å². The fourth-order valence-electron chi connectivity index (χ4n) is 6.41. The Labute approximate surface area is 204 Å². The maximum Gasteiger partial charge on any atom is 0.0349 e. The molecule has 1 radical (unpaired) electrons. The lowest BCUT2D eigenvalue weighted by atomic mass is 9.99. The van der Waals surface area contributed by atoms with Crippen molar-refractivity contribution in [3.63, 3.8) is 0 Å². The average Bonchev–Trinajstić information content (AvgIpc) is 3.36. The SMILES string of the molecule is C[C@H]([C]1C=CC=C1P(c1ccccc1)c1ccccc1)P(C1CCCCC1)C1CCCCC1. The quantitative estimate of drug-likeness (QED) is 0.353. The fourth-order valence-corrected chi connectivity index (χ4v) is 13.4. The third kappa shape index (κ3) is 5.39. The van der Waals surface area contributed by atoms with Gasteiger partial charge in [-0.3, -0.25) is 0 Å². The van der Waals surface area contributed by atoms with Crippen LogP contribution in [-0.4, -0.2) is 17.0 Å². The van der Waals surface area contributed by atoms with Crippen molar-refractivity contribution in [2.75, 3.05) is 0 Å². The van der Waals surface area contributed by atoms with E-state index in [9.17, 15) is 0 Å². The topological polar surface area (TPSA) is 0 Å². The second kappa shape index (κ2) is 11.5. The number of hydrogen-bond acceptors (Lipinski definition) is 0. The van der Waals surface area contributed by atoms with Crippen molar-refractivity contribution in [2.24, 2.45) is 0 Å². The molecule has 2 saturated carbocycles. The Bertz CT molecular complexity index is 862. The molecule has 0 aromatic heterocycles. The van der Waals surface area contributed by atoms with Gasteiger partial charge in [-0.15, -0.1) is 0 Å². The first kappa shape index (κ1) is 23.5. The molecule has 3 aliphatic rings. The van der Waals surface area contributed by atoms with E-state index in [1.807, 2.05) is 0 Å². The third-order valence-electron chi connectivity index (χ3n) is 7.99. The average molecular weight is 474 g/mol. The van der Waals surface area contributed by atoms with E-state index in [1.54, 1.807) is 11.2 Å². The largest absolute Gasteiger partial charge is 0.0962 e. The summed E-state index contributed by atoms with van der Waals surface area (Å²) in [5.74, 6) is 1.68. The molecule has 0 nitrogen and oxygen atoms in total. The summed E-state index contributed by atoms with van der Waals surface area (Å²) in [6.07, 6.45) is 22.1. The molecule has 0 bridgehead atoms. The van der Waals surface area contributed by atoms with Gasteiger partial charge >= 0.3 is 0 Å². The highest BCUT2D eigenvalue weighted by Gasteiger charge is 2.40. The first-order valence-corrected chi connectivity index (χ1v) is 16.2. The van der Waals surface area contributed by atoms with Gasteiger partial charge in [-0.25, -0.2) is 0 Å². The van der Waals surface area contributed by atoms with Crippen LogP contribution in [-0.2, 0) is 0 Å². The van der Waals surface area contributed by atoms with E-state index in [4.69, 9.17) is 0 Å². The predicted molar refractivity (Wildman–Crippen MR) is 150 cm³/mol. The molecule has 0 saturated heterocycles. The molecule has 1 atom stereocenters. The van der Waals surface area contributed by atoms with Crippen molar-refractivity contribution in [1.29, 1.82) is 0 Å². The van der Waals surface area contributed by atoms with Gasteiger partial charge in [0.15, 0.2) is 0 Å². The van der Waals surface area contributed by atoms with Gasteiger partial charge in [0.05, 0.1) is 0 Å². The van der Waals surface area contributed by atoms with Crippen molar-refractivity contribution in [3.8, 4) is 0 Å². The minimum absolute atomic E-state index is 0.0228. The standard InChI is InChI=1S/C31H39P2/c1-25(32(26-15-6-2-7-16-26)27-17-8-3-9-18-27)30-23-14-24-31(30)33(28-19-10-4-11-20-28)29-21-12-5-13-22-29/h4-5,10-14,19-27H,2-3,6-9,15-18H2,1H3/t25-/m1/s1. The van der Waals surface area contributed by atoms with E-state index in [2.05, 4.69) is 85.8 Å². The van der Waals surface area contributed by atoms with Crippen molar-refractivity contribution in [2.45, 2.75) is 88.1 Å². The molecule has 0 heterocycles. The predicted octanol–water partition coefficient (Wildman–Crippen LogP) is 8.68. The van der Waals surface area contributed by atoms with Gasteiger partial charge in [-0.05, 0) is 66.5 Å². The summed E-state index contributed by atoms with van der Waals surface area (Å²) in [6, 6.07) is 22.6. The normalized spacial score (nSPS) is 21.6. The van der Waals surface area contributed by atoms with Crippen LogP contribution in [0.4, 0.5) is 0 Å². The molecule has 2 heteroatoms. The van der Waals surface area contributed by atoms with Crippen molar-refractivity contribution >= 4 is 26.5 Å². The molecule has 3 aliphatic carbocycles. The number of rotatable bonds is 7. The molecule has 2 aromatic carbocycles. The van der Waals surface area contributed by atoms with E-state index < -0.39 is 7.92 Å². The highest BCUT2D eigenvalue weighted by molar-refractivity contribution is 7.77. The summed E-state index contributed by atoms with van der Waals surface area (Å²) in [6.45, 7) is 2.62. The molecule has 0 unspecified atom stereocenters. The van der Waals surface area contributed by atoms with Gasteiger partial charge in [-0.1, -0.05) is 132 Å². The molecule has 0 N–H and O–H groups in total. The second-order valence-corrected chi connectivity index (χ2v) is 15.4. The molecular weight excluding hydrogens is 434 g/mol. The Morgan fingerprint density at radius 3 is 1.64 bits per heavy atom. The van der Waals surface area contributed by atoms with Gasteiger partial charge in [0.2, 0.25) is 0 Å². The lowest BCUT2D eigenvalue weighted by Gasteiger charge is -2.44. The van der Waals surface area contributed by atoms with E-state index in [0.29, 0.717) is 5.66 Å². The van der Waals surface area contributed by atoms with Gasteiger partial charge < -0.3 is 0 Å². The lowest BCUT2D eigenvalue weighted by molar-refractivity contribution is 0.482. The van der Waals surface area contributed by atoms with E-state index >= 15 is 0 Å². The molecule has 2 fully saturated rings. The van der Waals surface area contributed by atoms with Crippen LogP contribution in [0, 0.1) is 5.92 Å². The molecule has 2 aromatic rings. The number of hydrogen-bond donors (Lipinski definition) is 0. The maximum absolute atomic E-state index is 2.62. The fraction of sp³-hybridized carbons (Fsp3) is 0.452. The summed E-state index contributed by atoms with van der Waals surface area (Å²) >= 11 is 0. The number of allylic oxidation sites excluding steroid dienone is 4. The zero-order valence-corrected chi connectivity index (χ0v) is 22.0. The lowest BCUT2D eigenvalue weighted by Crippen LogP contribution is -2.29. The Balaban J connectivity index is 1.47. The summed E-state index contributed by atoms with van der Waals surface area (Å²) in [5, 5.41) is 4.59. The molecule has 0 amide bonds. The summed E-state index contributed by atoms with van der Waals surface area (Å²) in [7, 11) is -0.489. The minimum atomic E-state index is -0.511. The van der Waals surface area contributed by atoms with Gasteiger partial charge in [0, 0.05) is 5.92 Å². The highest BCUT2D eigenvalue weighted by atomic mass is 31.1. The van der Waals surface area contributed by atoms with Crippen LogP contribution in [0.3, 0.4) is 0 Å². The smallest absolute Gasteiger partial charge is 0.0349 e. The first-order chi connectivity index (χ1) is 16.3.